The average molecular weight is 773 g/mol. The summed E-state index contributed by atoms with van der Waals surface area (Å²) in [5.74, 6) is 1.40. The summed E-state index contributed by atoms with van der Waals surface area (Å²) in [5, 5.41) is 10.7. The number of para-hydroxylation sites is 1. The van der Waals surface area contributed by atoms with E-state index in [2.05, 4.69) is 21.5 Å². The predicted octanol–water partition coefficient (Wildman–Crippen LogP) is 7.13. The largest absolute Gasteiger partial charge is 0.497 e. The summed E-state index contributed by atoms with van der Waals surface area (Å²) in [4.78, 5) is 28.0. The Morgan fingerprint density at radius 1 is 0.893 bits per heavy atom. The van der Waals surface area contributed by atoms with Crippen LogP contribution in [0.5, 0.6) is 11.5 Å². The van der Waals surface area contributed by atoms with Crippen molar-refractivity contribution >= 4 is 19.4 Å². The second-order valence-corrected chi connectivity index (χ2v) is 15.1. The van der Waals surface area contributed by atoms with Gasteiger partial charge in [-0.15, -0.1) is 0 Å². The SMILES string of the molecule is COc1ccc(C(OC[C@H]2O[C@@H](n3cc(C)c(=O)[nH]c3=O)C[C@@H]2O[P@]2O[C@@H](CC#N)Cc3cc4ccccc4n32)(c2ccccc2)c2ccc(OC)cc2)cc1. The molecule has 0 spiro atoms. The third kappa shape index (κ3) is 7.05. The Balaban J connectivity index is 1.21. The van der Waals surface area contributed by atoms with Gasteiger partial charge < -0.3 is 28.0 Å². The van der Waals surface area contributed by atoms with Crippen molar-refractivity contribution in [1.29, 1.82) is 5.26 Å². The zero-order valence-corrected chi connectivity index (χ0v) is 32.1. The molecule has 6 aromatic rings. The fourth-order valence-electron chi connectivity index (χ4n) is 7.59. The van der Waals surface area contributed by atoms with Crippen LogP contribution in [0.1, 0.15) is 47.0 Å². The number of nitrogens with one attached hydrogen (secondary N) is 1. The van der Waals surface area contributed by atoms with Gasteiger partial charge >= 0.3 is 5.69 Å². The fourth-order valence-corrected chi connectivity index (χ4v) is 9.40. The van der Waals surface area contributed by atoms with Crippen molar-refractivity contribution in [1.82, 2.24) is 13.9 Å². The highest BCUT2D eigenvalue weighted by Crippen LogP contribution is 2.53. The van der Waals surface area contributed by atoms with Crippen LogP contribution < -0.4 is 20.7 Å². The zero-order valence-electron chi connectivity index (χ0n) is 31.2. The van der Waals surface area contributed by atoms with Crippen molar-refractivity contribution in [2.45, 2.75) is 56.3 Å². The van der Waals surface area contributed by atoms with Crippen LogP contribution in [0.3, 0.4) is 0 Å². The Morgan fingerprint density at radius 2 is 1.54 bits per heavy atom. The molecule has 2 aliphatic heterocycles. The minimum Gasteiger partial charge on any atom is -0.497 e. The number of fused-ring (bicyclic) bond motifs is 3. The van der Waals surface area contributed by atoms with E-state index in [0.717, 1.165) is 33.3 Å². The van der Waals surface area contributed by atoms with Gasteiger partial charge in [0.2, 0.25) is 0 Å². The minimum absolute atomic E-state index is 0.0231. The maximum absolute atomic E-state index is 13.2. The fraction of sp³-hybridized carbons (Fsp3) is 0.279. The van der Waals surface area contributed by atoms with Gasteiger partial charge in [-0.25, -0.2) is 4.79 Å². The first kappa shape index (κ1) is 37.4. The molecule has 2 aromatic heterocycles. The predicted molar refractivity (Wildman–Crippen MR) is 211 cm³/mol. The minimum atomic E-state index is -1.77. The number of hydrogen-bond donors (Lipinski definition) is 1. The van der Waals surface area contributed by atoms with E-state index in [0.29, 0.717) is 23.5 Å². The number of rotatable bonds is 12. The van der Waals surface area contributed by atoms with E-state index >= 15 is 0 Å². The number of nitriles is 1. The van der Waals surface area contributed by atoms with E-state index in [1.807, 2.05) is 103 Å². The van der Waals surface area contributed by atoms with Crippen molar-refractivity contribution in [2.75, 3.05) is 20.8 Å². The molecule has 2 aliphatic rings. The first-order valence-electron chi connectivity index (χ1n) is 18.4. The summed E-state index contributed by atoms with van der Waals surface area (Å²) in [6, 6.07) is 37.9. The number of H-pyrrole nitrogens is 1. The number of hydrogen-bond acceptors (Lipinski definition) is 9. The van der Waals surface area contributed by atoms with Crippen LogP contribution in [0.4, 0.5) is 0 Å². The summed E-state index contributed by atoms with van der Waals surface area (Å²) in [7, 11) is 1.48. The van der Waals surface area contributed by atoms with Gasteiger partial charge in [-0.3, -0.25) is 18.7 Å². The second-order valence-electron chi connectivity index (χ2n) is 13.8. The monoisotopic (exact) mass is 772 g/mol. The smallest absolute Gasteiger partial charge is 0.330 e. The quantitative estimate of drug-likeness (QED) is 0.102. The van der Waals surface area contributed by atoms with Gasteiger partial charge in [0.25, 0.3) is 14.1 Å². The van der Waals surface area contributed by atoms with Gasteiger partial charge in [0, 0.05) is 35.7 Å². The molecule has 4 aromatic carbocycles. The van der Waals surface area contributed by atoms with Gasteiger partial charge in [-0.05, 0) is 60.0 Å². The molecule has 0 aliphatic carbocycles. The maximum Gasteiger partial charge on any atom is 0.330 e. The number of aromatic amines is 1. The van der Waals surface area contributed by atoms with E-state index < -0.39 is 43.8 Å². The van der Waals surface area contributed by atoms with Crippen molar-refractivity contribution < 1.29 is 28.0 Å². The highest BCUT2D eigenvalue weighted by atomic mass is 31.2. The van der Waals surface area contributed by atoms with Crippen molar-refractivity contribution in [2.24, 2.45) is 0 Å². The van der Waals surface area contributed by atoms with Crippen LogP contribution in [-0.4, -0.2) is 53.0 Å². The number of aryl methyl sites for hydroxylation is 1. The first-order valence-corrected chi connectivity index (χ1v) is 19.5. The summed E-state index contributed by atoms with van der Waals surface area (Å²) < 4.78 is 42.1. The first-order chi connectivity index (χ1) is 27.3. The molecule has 0 amide bonds. The summed E-state index contributed by atoms with van der Waals surface area (Å²) >= 11 is 0. The summed E-state index contributed by atoms with van der Waals surface area (Å²) in [5.41, 5.74) is 2.71. The highest BCUT2D eigenvalue weighted by Gasteiger charge is 2.45. The molecule has 286 valence electrons. The van der Waals surface area contributed by atoms with Crippen LogP contribution in [0.2, 0.25) is 0 Å². The van der Waals surface area contributed by atoms with Gasteiger partial charge in [0.05, 0.1) is 51.0 Å². The van der Waals surface area contributed by atoms with Crippen LogP contribution >= 0.6 is 8.53 Å². The van der Waals surface area contributed by atoms with Gasteiger partial charge in [0.1, 0.15) is 29.4 Å². The van der Waals surface area contributed by atoms with Gasteiger partial charge in [0.15, 0.2) is 0 Å². The molecule has 8 rings (SSSR count). The lowest BCUT2D eigenvalue weighted by atomic mass is 9.80. The second kappa shape index (κ2) is 15.9. The van der Waals surface area contributed by atoms with E-state index in [4.69, 9.17) is 28.0 Å². The highest BCUT2D eigenvalue weighted by molar-refractivity contribution is 7.46. The number of benzene rings is 4. The lowest BCUT2D eigenvalue weighted by molar-refractivity contribution is -0.0922. The summed E-state index contributed by atoms with van der Waals surface area (Å²) in [6.45, 7) is 1.67. The third-order valence-electron chi connectivity index (χ3n) is 10.4. The number of methoxy groups -OCH3 is 2. The standard InChI is InChI=1S/C43H41N4O8P/c1-28-26-46(42(49)45-41(28)48)40-25-38(55-56-47-33(24-36(54-56)21-22-44)23-29-9-7-8-12-37(29)47)39(53-40)27-52-43(30-10-5-4-6-11-30,31-13-17-34(50-2)18-14-31)32-15-19-35(51-3)20-16-32/h4-20,23,26,36,38-40H,21,24-25,27H2,1-3H3,(H,45,48,49)/t36-,38-,39+,40+,56-/m0/s1. The molecule has 1 N–H and O–H groups in total. The number of aromatic nitrogens is 3. The molecule has 56 heavy (non-hydrogen) atoms. The molecule has 13 heteroatoms. The van der Waals surface area contributed by atoms with Crippen molar-refractivity contribution in [3.8, 4) is 17.6 Å². The molecule has 5 atom stereocenters. The lowest BCUT2D eigenvalue weighted by Gasteiger charge is -2.37. The number of nitrogens with zero attached hydrogens (tertiary/aromatic N) is 3. The van der Waals surface area contributed by atoms with E-state index in [9.17, 15) is 14.9 Å². The Labute approximate surface area is 324 Å². The molecule has 1 saturated heterocycles. The maximum atomic E-state index is 13.2. The summed E-state index contributed by atoms with van der Waals surface area (Å²) in [6.07, 6.45) is 0.0228. The molecular weight excluding hydrogens is 731 g/mol. The molecule has 0 saturated carbocycles. The normalized spacial score (nSPS) is 20.7. The molecule has 0 radical (unpaired) electrons. The van der Waals surface area contributed by atoms with Gasteiger partial charge in [-0.1, -0.05) is 72.8 Å². The Hall–Kier alpha value is -5.54. The van der Waals surface area contributed by atoms with Crippen LogP contribution in [-0.2, 0) is 30.5 Å². The average Bonchev–Trinajstić information content (AvgIpc) is 3.81. The Morgan fingerprint density at radius 3 is 2.20 bits per heavy atom. The Kier molecular flexibility index (Phi) is 10.6. The Bertz CT molecular complexity index is 2430. The zero-order chi connectivity index (χ0) is 38.8. The molecule has 4 heterocycles. The van der Waals surface area contributed by atoms with Gasteiger partial charge in [-0.2, -0.15) is 5.26 Å². The van der Waals surface area contributed by atoms with E-state index in [1.165, 1.54) is 10.8 Å². The van der Waals surface area contributed by atoms with Crippen molar-refractivity contribution in [3.05, 3.63) is 164 Å². The van der Waals surface area contributed by atoms with Crippen LogP contribution in [0.15, 0.2) is 125 Å². The van der Waals surface area contributed by atoms with E-state index in [-0.39, 0.29) is 25.6 Å². The van der Waals surface area contributed by atoms with E-state index in [1.54, 1.807) is 21.1 Å². The molecule has 0 unspecified atom stereocenters. The third-order valence-corrected chi connectivity index (χ3v) is 12.1. The molecule has 0 bridgehead atoms. The lowest BCUT2D eigenvalue weighted by Crippen LogP contribution is -2.38. The van der Waals surface area contributed by atoms with Crippen LogP contribution in [0.25, 0.3) is 10.9 Å². The molecule has 12 nitrogen and oxygen atoms in total. The van der Waals surface area contributed by atoms with Crippen LogP contribution in [0, 0.1) is 18.3 Å². The molecule has 1 fully saturated rings. The van der Waals surface area contributed by atoms with Crippen molar-refractivity contribution in [3.63, 3.8) is 0 Å². The number of ether oxygens (including phenoxy) is 4. The topological polar surface area (TPSA) is 139 Å². The molecular formula is C43H41N4O8P.